The van der Waals surface area contributed by atoms with Crippen LogP contribution in [0.4, 0.5) is 0 Å². The molecule has 1 heterocycles. The van der Waals surface area contributed by atoms with E-state index in [0.717, 1.165) is 25.4 Å². The number of carbonyl (C=O) groups excluding carboxylic acids is 3. The van der Waals surface area contributed by atoms with Gasteiger partial charge in [0.05, 0.1) is 24.5 Å². The first-order valence-corrected chi connectivity index (χ1v) is 19.9. The lowest BCUT2D eigenvalue weighted by Crippen LogP contribution is -2.59. The second-order valence-corrected chi connectivity index (χ2v) is 16.6. The molecule has 4 atom stereocenters. The fourth-order valence-electron chi connectivity index (χ4n) is 6.66. The zero-order chi connectivity index (χ0) is 34.8. The van der Waals surface area contributed by atoms with Gasteiger partial charge < -0.3 is 10.2 Å². The summed E-state index contributed by atoms with van der Waals surface area (Å²) in [5.74, 6) is -2.40. The van der Waals surface area contributed by atoms with Gasteiger partial charge in [-0.2, -0.15) is 0 Å². The van der Waals surface area contributed by atoms with Crippen LogP contribution in [0.2, 0.25) is 10.0 Å². The number of fused-ring (bicyclic) bond motifs is 1. The van der Waals surface area contributed by atoms with Crippen molar-refractivity contribution in [2.45, 2.75) is 56.1 Å². The molecular formula is C33H36Cl2N4O7S2. The van der Waals surface area contributed by atoms with E-state index in [1.807, 2.05) is 4.72 Å². The number of rotatable bonds is 10. The van der Waals surface area contributed by atoms with Crippen molar-refractivity contribution in [3.8, 4) is 0 Å². The van der Waals surface area contributed by atoms with E-state index in [4.69, 9.17) is 23.2 Å². The Morgan fingerprint density at radius 3 is 2.31 bits per heavy atom. The van der Waals surface area contributed by atoms with Crippen LogP contribution in [0, 0.1) is 0 Å². The summed E-state index contributed by atoms with van der Waals surface area (Å²) in [4.78, 5) is 42.7. The average Bonchev–Trinajstić information content (AvgIpc) is 3.00. The summed E-state index contributed by atoms with van der Waals surface area (Å²) in [5.41, 5.74) is 2.19. The number of hydrogen-bond acceptors (Lipinski definition) is 7. The molecule has 0 radical (unpaired) electrons. The van der Waals surface area contributed by atoms with Crippen molar-refractivity contribution in [2.75, 3.05) is 19.1 Å². The highest BCUT2D eigenvalue weighted by atomic mass is 35.5. The molecule has 0 aromatic heterocycles. The fourth-order valence-corrected chi connectivity index (χ4v) is 8.46. The van der Waals surface area contributed by atoms with E-state index in [-0.39, 0.29) is 28.9 Å². The van der Waals surface area contributed by atoms with Crippen molar-refractivity contribution in [2.24, 2.45) is 0 Å². The van der Waals surface area contributed by atoms with Crippen molar-refractivity contribution in [1.29, 1.82) is 0 Å². The second kappa shape index (κ2) is 14.6. The van der Waals surface area contributed by atoms with E-state index < -0.39 is 50.0 Å². The average molecular weight is 736 g/mol. The summed E-state index contributed by atoms with van der Waals surface area (Å²) in [5, 5.41) is 3.63. The summed E-state index contributed by atoms with van der Waals surface area (Å²) in [6.07, 6.45) is 4.86. The normalized spacial score (nSPS) is 21.3. The summed E-state index contributed by atoms with van der Waals surface area (Å²) >= 11 is 13.0. The van der Waals surface area contributed by atoms with E-state index in [1.54, 1.807) is 65.6 Å². The number of halogens is 2. The van der Waals surface area contributed by atoms with Crippen molar-refractivity contribution >= 4 is 61.0 Å². The highest BCUT2D eigenvalue weighted by Gasteiger charge is 2.49. The Balaban J connectivity index is 1.51. The number of amides is 3. The van der Waals surface area contributed by atoms with Gasteiger partial charge in [0.1, 0.15) is 0 Å². The molecule has 0 saturated heterocycles. The van der Waals surface area contributed by atoms with E-state index in [0.29, 0.717) is 46.5 Å². The van der Waals surface area contributed by atoms with E-state index in [2.05, 4.69) is 10.0 Å². The van der Waals surface area contributed by atoms with Gasteiger partial charge in [-0.3, -0.25) is 14.4 Å². The van der Waals surface area contributed by atoms with Gasteiger partial charge in [-0.25, -0.2) is 26.3 Å². The first-order valence-electron chi connectivity index (χ1n) is 15.4. The topological polar surface area (TPSA) is 159 Å². The van der Waals surface area contributed by atoms with Crippen LogP contribution in [0.25, 0.3) is 0 Å². The lowest BCUT2D eigenvalue weighted by Gasteiger charge is -2.49. The minimum Gasteiger partial charge on any atom is -0.355 e. The molecule has 256 valence electrons. The standard InChI is InChI=1S/C33H36Cl2N4O7S2/c1-47(43,44)37-27-12-5-6-13-28(27)39-30(25-15-14-22(34)19-26(25)35)29(23-10-3-4-11-24(23)33(39)42)32(41)36-17-16-20-8-7-9-21(18-20)31(40)38-48(2,45)46/h3-4,7-11,14-15,18-19,27-30,37H,5-6,12-13,16-17H2,1-2H3,(H,36,41)(H,38,40)/t27-,28-,29+,30-/m0/s1. The largest absolute Gasteiger partial charge is 0.355 e. The molecule has 48 heavy (non-hydrogen) atoms. The summed E-state index contributed by atoms with van der Waals surface area (Å²) < 4.78 is 52.6. The highest BCUT2D eigenvalue weighted by molar-refractivity contribution is 7.89. The third-order valence-corrected chi connectivity index (χ3v) is 10.4. The maximum Gasteiger partial charge on any atom is 0.264 e. The van der Waals surface area contributed by atoms with Gasteiger partial charge in [0.15, 0.2) is 0 Å². The van der Waals surface area contributed by atoms with Gasteiger partial charge in [0.2, 0.25) is 26.0 Å². The molecule has 0 spiro atoms. The first kappa shape index (κ1) is 35.8. The Labute approximate surface area is 290 Å². The third kappa shape index (κ3) is 8.38. The quantitative estimate of drug-likeness (QED) is 0.282. The van der Waals surface area contributed by atoms with Crippen LogP contribution in [-0.4, -0.2) is 70.6 Å². The zero-order valence-corrected chi connectivity index (χ0v) is 29.4. The highest BCUT2D eigenvalue weighted by Crippen LogP contribution is 2.47. The number of nitrogens with zero attached hydrogens (tertiary/aromatic N) is 1. The molecule has 3 amide bonds. The maximum atomic E-state index is 14.4. The summed E-state index contributed by atoms with van der Waals surface area (Å²) in [6.45, 7) is 0.158. The summed E-state index contributed by atoms with van der Waals surface area (Å²) in [7, 11) is -7.37. The zero-order valence-electron chi connectivity index (χ0n) is 26.3. The minimum atomic E-state index is -3.75. The molecule has 1 saturated carbocycles. The van der Waals surface area contributed by atoms with Crippen LogP contribution in [0.3, 0.4) is 0 Å². The fraction of sp³-hybridized carbons (Fsp3) is 0.364. The number of hydrogen-bond donors (Lipinski definition) is 3. The molecule has 11 nitrogen and oxygen atoms in total. The minimum absolute atomic E-state index is 0.154. The van der Waals surface area contributed by atoms with Gasteiger partial charge in [-0.1, -0.05) is 72.4 Å². The first-order chi connectivity index (χ1) is 22.6. The lowest BCUT2D eigenvalue weighted by atomic mass is 9.76. The van der Waals surface area contributed by atoms with Crippen molar-refractivity contribution in [3.63, 3.8) is 0 Å². The predicted molar refractivity (Wildman–Crippen MR) is 184 cm³/mol. The monoisotopic (exact) mass is 734 g/mol. The van der Waals surface area contributed by atoms with Crippen LogP contribution < -0.4 is 14.8 Å². The van der Waals surface area contributed by atoms with Crippen molar-refractivity contribution in [1.82, 2.24) is 19.7 Å². The van der Waals surface area contributed by atoms with Gasteiger partial charge in [0.25, 0.3) is 11.8 Å². The third-order valence-electron chi connectivity index (χ3n) is 8.57. The van der Waals surface area contributed by atoms with Crippen molar-refractivity contribution < 1.29 is 31.2 Å². The SMILES string of the molecule is CS(=O)(=O)NC(=O)c1cccc(CCNC(=O)[C@@H]2c3ccccc3C(=O)N([C@H]3CCCC[C@@H]3NS(C)(=O)=O)[C@H]2c2ccc(Cl)cc2Cl)c1. The van der Waals surface area contributed by atoms with Crippen LogP contribution in [0.1, 0.15) is 75.0 Å². The molecule has 3 aromatic carbocycles. The van der Waals surface area contributed by atoms with Crippen LogP contribution in [0.5, 0.6) is 0 Å². The smallest absolute Gasteiger partial charge is 0.264 e. The van der Waals surface area contributed by atoms with Gasteiger partial charge in [0, 0.05) is 39.8 Å². The van der Waals surface area contributed by atoms with E-state index in [1.165, 1.54) is 6.07 Å². The Bertz CT molecular complexity index is 1960. The molecule has 15 heteroatoms. The lowest BCUT2D eigenvalue weighted by molar-refractivity contribution is -0.124. The number of benzene rings is 3. The predicted octanol–water partition coefficient (Wildman–Crippen LogP) is 4.18. The molecule has 3 aromatic rings. The molecule has 0 bridgehead atoms. The van der Waals surface area contributed by atoms with Gasteiger partial charge in [-0.15, -0.1) is 0 Å². The second-order valence-electron chi connectivity index (χ2n) is 12.2. The molecule has 1 aliphatic carbocycles. The molecule has 3 N–H and O–H groups in total. The Morgan fingerprint density at radius 1 is 0.875 bits per heavy atom. The van der Waals surface area contributed by atoms with E-state index >= 15 is 0 Å². The maximum absolute atomic E-state index is 14.4. The number of carbonyl (C=O) groups is 3. The Kier molecular flexibility index (Phi) is 10.9. The Morgan fingerprint density at radius 2 is 1.60 bits per heavy atom. The van der Waals surface area contributed by atoms with Crippen LogP contribution in [-0.2, 0) is 31.3 Å². The van der Waals surface area contributed by atoms with Crippen LogP contribution in [0.15, 0.2) is 66.7 Å². The van der Waals surface area contributed by atoms with Gasteiger partial charge >= 0.3 is 0 Å². The molecule has 1 aliphatic heterocycles. The number of nitrogens with one attached hydrogen (secondary N) is 3. The van der Waals surface area contributed by atoms with Gasteiger partial charge in [-0.05, 0) is 66.3 Å². The number of sulfonamides is 2. The van der Waals surface area contributed by atoms with Crippen LogP contribution >= 0.6 is 23.2 Å². The van der Waals surface area contributed by atoms with E-state index in [9.17, 15) is 31.2 Å². The molecule has 5 rings (SSSR count). The Hall–Kier alpha value is -3.49. The molecule has 1 fully saturated rings. The van der Waals surface area contributed by atoms with Crippen molar-refractivity contribution in [3.05, 3.63) is 105 Å². The molecule has 2 aliphatic rings. The molecular weight excluding hydrogens is 699 g/mol. The summed E-state index contributed by atoms with van der Waals surface area (Å²) in [6, 6.07) is 16.2. The molecule has 0 unspecified atom stereocenters.